The first-order valence-electron chi connectivity index (χ1n) is 7.91. The maximum absolute atomic E-state index is 13.1. The molecule has 0 saturated heterocycles. The Balaban J connectivity index is 1.68. The highest BCUT2D eigenvalue weighted by atomic mass is 19.3. The summed E-state index contributed by atoms with van der Waals surface area (Å²) in [6.07, 6.45) is 3.38. The number of alkyl halides is 2. The normalized spacial score (nSPS) is 35.2. The first-order valence-corrected chi connectivity index (χ1v) is 7.91. The van der Waals surface area contributed by atoms with Crippen LogP contribution in [0.3, 0.4) is 0 Å². The van der Waals surface area contributed by atoms with Gasteiger partial charge < -0.3 is 9.47 Å². The van der Waals surface area contributed by atoms with Crippen LogP contribution < -0.4 is 0 Å². The van der Waals surface area contributed by atoms with Gasteiger partial charge in [-0.2, -0.15) is 0 Å². The van der Waals surface area contributed by atoms with E-state index in [4.69, 9.17) is 9.47 Å². The van der Waals surface area contributed by atoms with Crippen molar-refractivity contribution in [3.63, 3.8) is 0 Å². The molecule has 4 heteroatoms. The van der Waals surface area contributed by atoms with Gasteiger partial charge >= 0.3 is 0 Å². The molecule has 2 saturated carbocycles. The van der Waals surface area contributed by atoms with Crippen molar-refractivity contribution in [2.45, 2.75) is 96.1 Å². The van der Waals surface area contributed by atoms with Crippen LogP contribution in [0.15, 0.2) is 0 Å². The molecule has 2 fully saturated rings. The number of ether oxygens (including phenoxy) is 2. The van der Waals surface area contributed by atoms with E-state index in [-0.39, 0.29) is 36.8 Å². The molecule has 0 heterocycles. The average Bonchev–Trinajstić information content (AvgIpc) is 2.90. The largest absolute Gasteiger partial charge is 0.375 e. The summed E-state index contributed by atoms with van der Waals surface area (Å²) in [5, 5.41) is 0. The molecular formula is C16H28F2O2. The maximum Gasteiger partial charge on any atom is 0.248 e. The highest BCUT2D eigenvalue weighted by molar-refractivity contribution is 5.02. The molecule has 0 amide bonds. The van der Waals surface area contributed by atoms with Crippen LogP contribution in [0.5, 0.6) is 0 Å². The molecule has 0 aromatic heterocycles. The fourth-order valence-corrected chi connectivity index (χ4v) is 3.38. The van der Waals surface area contributed by atoms with Crippen molar-refractivity contribution in [2.75, 3.05) is 0 Å². The Kier molecular flexibility index (Phi) is 4.75. The predicted molar refractivity (Wildman–Crippen MR) is 75.1 cm³/mol. The van der Waals surface area contributed by atoms with Crippen molar-refractivity contribution in [1.82, 2.24) is 0 Å². The van der Waals surface area contributed by atoms with Crippen molar-refractivity contribution >= 4 is 0 Å². The van der Waals surface area contributed by atoms with Crippen molar-refractivity contribution in [2.24, 2.45) is 5.92 Å². The van der Waals surface area contributed by atoms with Crippen LogP contribution in [0.1, 0.15) is 66.2 Å². The lowest BCUT2D eigenvalue weighted by atomic mass is 9.94. The van der Waals surface area contributed by atoms with Crippen LogP contribution in [0, 0.1) is 5.92 Å². The first kappa shape index (κ1) is 16.2. The quantitative estimate of drug-likeness (QED) is 0.714. The lowest BCUT2D eigenvalue weighted by Gasteiger charge is -2.30. The minimum absolute atomic E-state index is 0.00534. The third-order valence-corrected chi connectivity index (χ3v) is 4.57. The summed E-state index contributed by atoms with van der Waals surface area (Å²) in [7, 11) is 0. The van der Waals surface area contributed by atoms with Crippen LogP contribution in [0.2, 0.25) is 0 Å². The molecule has 3 atom stereocenters. The summed E-state index contributed by atoms with van der Waals surface area (Å²) in [6, 6.07) is 0. The zero-order chi connectivity index (χ0) is 15.0. The number of rotatable bonds is 6. The smallest absolute Gasteiger partial charge is 0.248 e. The zero-order valence-corrected chi connectivity index (χ0v) is 13.1. The Bertz CT molecular complexity index is 318. The monoisotopic (exact) mass is 290 g/mol. The zero-order valence-electron chi connectivity index (χ0n) is 13.1. The van der Waals surface area contributed by atoms with Crippen molar-refractivity contribution < 1.29 is 18.3 Å². The second kappa shape index (κ2) is 5.88. The predicted octanol–water partition coefficient (Wildman–Crippen LogP) is 4.56. The third-order valence-electron chi connectivity index (χ3n) is 4.57. The van der Waals surface area contributed by atoms with Gasteiger partial charge in [-0.25, -0.2) is 8.78 Å². The number of hydrogen-bond donors (Lipinski definition) is 0. The average molecular weight is 290 g/mol. The highest BCUT2D eigenvalue weighted by Gasteiger charge is 2.52. The van der Waals surface area contributed by atoms with E-state index in [1.54, 1.807) is 0 Å². The van der Waals surface area contributed by atoms with Crippen LogP contribution in [0.25, 0.3) is 0 Å². The fraction of sp³-hybridized carbons (Fsp3) is 1.00. The Morgan fingerprint density at radius 3 is 2.30 bits per heavy atom. The summed E-state index contributed by atoms with van der Waals surface area (Å²) in [6.45, 7) is 8.33. The molecule has 0 aromatic rings. The van der Waals surface area contributed by atoms with Gasteiger partial charge in [-0.1, -0.05) is 0 Å². The van der Waals surface area contributed by atoms with Gasteiger partial charge in [0.25, 0.3) is 0 Å². The molecule has 0 radical (unpaired) electrons. The maximum atomic E-state index is 13.1. The van der Waals surface area contributed by atoms with Crippen LogP contribution >= 0.6 is 0 Å². The molecule has 2 rings (SSSR count). The van der Waals surface area contributed by atoms with Gasteiger partial charge in [0.05, 0.1) is 23.9 Å². The van der Waals surface area contributed by atoms with Crippen molar-refractivity contribution in [3.8, 4) is 0 Å². The topological polar surface area (TPSA) is 18.5 Å². The van der Waals surface area contributed by atoms with E-state index in [1.807, 2.05) is 0 Å². The molecule has 2 aliphatic rings. The highest BCUT2D eigenvalue weighted by Crippen LogP contribution is 2.50. The lowest BCUT2D eigenvalue weighted by molar-refractivity contribution is -0.0992. The lowest BCUT2D eigenvalue weighted by Crippen LogP contribution is -2.31. The first-order chi connectivity index (χ1) is 9.20. The molecular weight excluding hydrogens is 262 g/mol. The van der Waals surface area contributed by atoms with Gasteiger partial charge in [0, 0.05) is 12.8 Å². The van der Waals surface area contributed by atoms with Crippen molar-refractivity contribution in [1.29, 1.82) is 0 Å². The molecule has 0 bridgehead atoms. The Labute approximate surface area is 121 Å². The van der Waals surface area contributed by atoms with E-state index in [9.17, 15) is 8.78 Å². The van der Waals surface area contributed by atoms with E-state index in [2.05, 4.69) is 27.7 Å². The van der Waals surface area contributed by atoms with Crippen LogP contribution in [-0.2, 0) is 9.47 Å². The van der Waals surface area contributed by atoms with E-state index in [0.29, 0.717) is 18.8 Å². The summed E-state index contributed by atoms with van der Waals surface area (Å²) >= 11 is 0. The van der Waals surface area contributed by atoms with Gasteiger partial charge in [-0.3, -0.25) is 0 Å². The number of hydrogen-bond acceptors (Lipinski definition) is 2. The van der Waals surface area contributed by atoms with Crippen molar-refractivity contribution in [3.05, 3.63) is 0 Å². The van der Waals surface area contributed by atoms with Gasteiger partial charge in [0.15, 0.2) is 0 Å². The second-order valence-corrected chi connectivity index (χ2v) is 7.12. The Morgan fingerprint density at radius 1 is 1.15 bits per heavy atom. The minimum Gasteiger partial charge on any atom is -0.375 e. The standard InChI is InChI=1S/C16H28F2O2/c1-11(2)20-15(4)10-13(15)9-12(3)19-14-5-7-16(17,18)8-6-14/h11-14H,5-10H2,1-4H3. The molecule has 0 aliphatic heterocycles. The summed E-state index contributed by atoms with van der Waals surface area (Å²) < 4.78 is 38.0. The van der Waals surface area contributed by atoms with Gasteiger partial charge in [0.2, 0.25) is 5.92 Å². The van der Waals surface area contributed by atoms with Crippen LogP contribution in [-0.4, -0.2) is 29.8 Å². The van der Waals surface area contributed by atoms with Gasteiger partial charge in [-0.05, 0) is 59.3 Å². The molecule has 3 unspecified atom stereocenters. The van der Waals surface area contributed by atoms with E-state index in [1.165, 1.54) is 0 Å². The molecule has 2 nitrogen and oxygen atoms in total. The van der Waals surface area contributed by atoms with Gasteiger partial charge in [-0.15, -0.1) is 0 Å². The molecule has 0 N–H and O–H groups in total. The molecule has 20 heavy (non-hydrogen) atoms. The Hall–Kier alpha value is -0.220. The molecule has 0 spiro atoms. The third kappa shape index (κ3) is 4.39. The van der Waals surface area contributed by atoms with E-state index < -0.39 is 5.92 Å². The summed E-state index contributed by atoms with van der Waals surface area (Å²) in [5.74, 6) is -1.92. The molecule has 0 aromatic carbocycles. The number of halogens is 2. The van der Waals surface area contributed by atoms with Gasteiger partial charge in [0.1, 0.15) is 0 Å². The molecule has 118 valence electrons. The fourth-order valence-electron chi connectivity index (χ4n) is 3.38. The summed E-state index contributed by atoms with van der Waals surface area (Å²) in [5.41, 5.74) is 0.00534. The minimum atomic E-state index is -2.47. The van der Waals surface area contributed by atoms with Crippen LogP contribution in [0.4, 0.5) is 8.78 Å². The summed E-state index contributed by atoms with van der Waals surface area (Å²) in [4.78, 5) is 0. The van der Waals surface area contributed by atoms with E-state index >= 15 is 0 Å². The Morgan fingerprint density at radius 2 is 1.75 bits per heavy atom. The second-order valence-electron chi connectivity index (χ2n) is 7.12. The molecule has 2 aliphatic carbocycles. The van der Waals surface area contributed by atoms with E-state index in [0.717, 1.165) is 12.8 Å². The SMILES string of the molecule is CC(C)OC1(C)CC1CC(C)OC1CCC(F)(F)CC1.